The van der Waals surface area contributed by atoms with Gasteiger partial charge in [-0.05, 0) is 30.0 Å². The van der Waals surface area contributed by atoms with Gasteiger partial charge in [-0.1, -0.05) is 54.1 Å². The van der Waals surface area contributed by atoms with Crippen LogP contribution in [-0.2, 0) is 6.42 Å². The first-order valence-electron chi connectivity index (χ1n) is 5.49. The number of hydrogen-bond donors (Lipinski definition) is 0. The molecule has 2 aliphatic rings. The fourth-order valence-corrected chi connectivity index (χ4v) is 2.58. The van der Waals surface area contributed by atoms with Crippen molar-refractivity contribution in [1.29, 1.82) is 0 Å². The molecule has 0 amide bonds. The third-order valence-corrected chi connectivity index (χ3v) is 3.43. The first-order valence-corrected chi connectivity index (χ1v) is 5.49. The van der Waals surface area contributed by atoms with Gasteiger partial charge in [0.25, 0.3) is 0 Å². The van der Waals surface area contributed by atoms with E-state index in [1.807, 2.05) is 0 Å². The Bertz CT molecular complexity index is 475. The smallest absolute Gasteiger partial charge is 0.0172 e. The molecule has 74 valence electrons. The summed E-state index contributed by atoms with van der Waals surface area (Å²) in [5, 5.41) is 0. The van der Waals surface area contributed by atoms with E-state index in [9.17, 15) is 0 Å². The summed E-state index contributed by atoms with van der Waals surface area (Å²) < 4.78 is 0. The molecule has 15 heavy (non-hydrogen) atoms. The van der Waals surface area contributed by atoms with Crippen molar-refractivity contribution >= 4 is 5.57 Å². The maximum Gasteiger partial charge on any atom is 0.0172 e. The van der Waals surface area contributed by atoms with Crippen LogP contribution in [0, 0.1) is 5.92 Å². The summed E-state index contributed by atoms with van der Waals surface area (Å²) in [5.41, 5.74) is 5.98. The average Bonchev–Trinajstić information content (AvgIpc) is 2.87. The van der Waals surface area contributed by atoms with Crippen LogP contribution in [0.25, 0.3) is 5.57 Å². The zero-order chi connectivity index (χ0) is 10.3. The number of benzene rings is 1. The van der Waals surface area contributed by atoms with E-state index in [1.165, 1.54) is 16.7 Å². The van der Waals surface area contributed by atoms with Gasteiger partial charge in [-0.2, -0.15) is 0 Å². The molecule has 0 fully saturated rings. The molecule has 3 rings (SSSR count). The second-order valence-electron chi connectivity index (χ2n) is 4.28. The number of rotatable bonds is 1. The fourth-order valence-electron chi connectivity index (χ4n) is 2.58. The quantitative estimate of drug-likeness (QED) is 0.638. The summed E-state index contributed by atoms with van der Waals surface area (Å²) in [7, 11) is 0. The van der Waals surface area contributed by atoms with E-state index in [1.54, 1.807) is 5.57 Å². The molecule has 0 nitrogen and oxygen atoms in total. The van der Waals surface area contributed by atoms with E-state index in [4.69, 9.17) is 0 Å². The van der Waals surface area contributed by atoms with E-state index in [2.05, 4.69) is 55.5 Å². The second-order valence-corrected chi connectivity index (χ2v) is 4.28. The third-order valence-electron chi connectivity index (χ3n) is 3.43. The average molecular weight is 194 g/mol. The van der Waals surface area contributed by atoms with Gasteiger partial charge >= 0.3 is 0 Å². The molecule has 0 N–H and O–H groups in total. The molecular formula is C15H14. The second kappa shape index (κ2) is 3.23. The lowest BCUT2D eigenvalue weighted by Gasteiger charge is -2.08. The molecular weight excluding hydrogens is 180 g/mol. The van der Waals surface area contributed by atoms with Gasteiger partial charge in [0.05, 0.1) is 0 Å². The normalized spacial score (nSPS) is 19.0. The predicted octanol–water partition coefficient (Wildman–Crippen LogP) is 3.76. The molecule has 0 spiro atoms. The standard InChI is InChI=1S/C15H14/c1-11-14-9-5-4-8-13(14)10-15(11)12-6-2-3-7-12/h2-9,12H,10H2,1H3. The topological polar surface area (TPSA) is 0 Å². The molecule has 0 atom stereocenters. The SMILES string of the molecule is CC1=C(C2C=CC=C2)Cc2ccccc21. The third kappa shape index (κ3) is 1.29. The summed E-state index contributed by atoms with van der Waals surface area (Å²) in [6.07, 6.45) is 9.98. The van der Waals surface area contributed by atoms with E-state index in [0.717, 1.165) is 6.42 Å². The molecule has 0 saturated carbocycles. The van der Waals surface area contributed by atoms with Crippen molar-refractivity contribution in [2.45, 2.75) is 13.3 Å². The van der Waals surface area contributed by atoms with Gasteiger partial charge in [0, 0.05) is 5.92 Å². The lowest BCUT2D eigenvalue weighted by atomic mass is 9.96. The van der Waals surface area contributed by atoms with Gasteiger partial charge in [0.2, 0.25) is 0 Å². The van der Waals surface area contributed by atoms with Crippen molar-refractivity contribution < 1.29 is 0 Å². The summed E-state index contributed by atoms with van der Waals surface area (Å²) in [4.78, 5) is 0. The fraction of sp³-hybridized carbons (Fsp3) is 0.200. The van der Waals surface area contributed by atoms with Crippen LogP contribution in [0.15, 0.2) is 54.1 Å². The van der Waals surface area contributed by atoms with Gasteiger partial charge in [-0.3, -0.25) is 0 Å². The van der Waals surface area contributed by atoms with Crippen LogP contribution >= 0.6 is 0 Å². The van der Waals surface area contributed by atoms with Crippen molar-refractivity contribution in [1.82, 2.24) is 0 Å². The van der Waals surface area contributed by atoms with Crippen molar-refractivity contribution in [2.75, 3.05) is 0 Å². The van der Waals surface area contributed by atoms with Crippen LogP contribution in [0.1, 0.15) is 18.1 Å². The number of fused-ring (bicyclic) bond motifs is 1. The van der Waals surface area contributed by atoms with Crippen molar-refractivity contribution in [3.05, 3.63) is 65.3 Å². The largest absolute Gasteiger partial charge is 0.0735 e. The molecule has 0 aliphatic heterocycles. The highest BCUT2D eigenvalue weighted by Gasteiger charge is 2.22. The summed E-state index contributed by atoms with van der Waals surface area (Å²) in [5.74, 6) is 0.539. The molecule has 0 radical (unpaired) electrons. The Labute approximate surface area is 90.6 Å². The van der Waals surface area contributed by atoms with Gasteiger partial charge in [-0.25, -0.2) is 0 Å². The van der Waals surface area contributed by atoms with Crippen LogP contribution in [0.5, 0.6) is 0 Å². The summed E-state index contributed by atoms with van der Waals surface area (Å²) >= 11 is 0. The minimum atomic E-state index is 0.539. The first kappa shape index (κ1) is 8.72. The minimum Gasteiger partial charge on any atom is -0.0735 e. The molecule has 0 aromatic heterocycles. The molecule has 0 saturated heterocycles. The van der Waals surface area contributed by atoms with Gasteiger partial charge in [0.1, 0.15) is 0 Å². The van der Waals surface area contributed by atoms with Crippen LogP contribution in [0.2, 0.25) is 0 Å². The Hall–Kier alpha value is -1.56. The zero-order valence-corrected chi connectivity index (χ0v) is 8.90. The first-order chi connectivity index (χ1) is 7.36. The van der Waals surface area contributed by atoms with Gasteiger partial charge in [-0.15, -0.1) is 0 Å². The minimum absolute atomic E-state index is 0.539. The Morgan fingerprint density at radius 3 is 2.53 bits per heavy atom. The summed E-state index contributed by atoms with van der Waals surface area (Å²) in [6, 6.07) is 8.75. The summed E-state index contributed by atoms with van der Waals surface area (Å²) in [6.45, 7) is 2.25. The van der Waals surface area contributed by atoms with Gasteiger partial charge < -0.3 is 0 Å². The highest BCUT2D eigenvalue weighted by molar-refractivity contribution is 5.76. The van der Waals surface area contributed by atoms with Crippen LogP contribution in [0.4, 0.5) is 0 Å². The Balaban J connectivity index is 2.05. The lowest BCUT2D eigenvalue weighted by Crippen LogP contribution is -1.96. The van der Waals surface area contributed by atoms with E-state index < -0.39 is 0 Å². The highest BCUT2D eigenvalue weighted by Crippen LogP contribution is 2.37. The Morgan fingerprint density at radius 2 is 1.80 bits per heavy atom. The highest BCUT2D eigenvalue weighted by atomic mass is 14.3. The van der Waals surface area contributed by atoms with E-state index >= 15 is 0 Å². The van der Waals surface area contributed by atoms with Crippen LogP contribution in [-0.4, -0.2) is 0 Å². The maximum absolute atomic E-state index is 2.28. The van der Waals surface area contributed by atoms with E-state index in [0.29, 0.717) is 5.92 Å². The lowest BCUT2D eigenvalue weighted by molar-refractivity contribution is 0.939. The Kier molecular flexibility index (Phi) is 1.88. The van der Waals surface area contributed by atoms with E-state index in [-0.39, 0.29) is 0 Å². The van der Waals surface area contributed by atoms with Gasteiger partial charge in [0.15, 0.2) is 0 Å². The zero-order valence-electron chi connectivity index (χ0n) is 8.90. The van der Waals surface area contributed by atoms with Crippen molar-refractivity contribution in [3.63, 3.8) is 0 Å². The van der Waals surface area contributed by atoms with Crippen molar-refractivity contribution in [3.8, 4) is 0 Å². The van der Waals surface area contributed by atoms with Crippen molar-refractivity contribution in [2.24, 2.45) is 5.92 Å². The molecule has 2 aliphatic carbocycles. The number of hydrogen-bond acceptors (Lipinski definition) is 0. The van der Waals surface area contributed by atoms with Crippen LogP contribution < -0.4 is 0 Å². The predicted molar refractivity (Wildman–Crippen MR) is 64.5 cm³/mol. The van der Waals surface area contributed by atoms with Crippen LogP contribution in [0.3, 0.4) is 0 Å². The maximum atomic E-state index is 2.28. The molecule has 0 bridgehead atoms. The molecule has 0 unspecified atom stereocenters. The number of allylic oxidation sites excluding steroid dienone is 6. The monoisotopic (exact) mass is 194 g/mol. The molecule has 1 aromatic rings. The molecule has 1 aromatic carbocycles. The molecule has 0 heterocycles. The Morgan fingerprint density at radius 1 is 1.07 bits per heavy atom. The molecule has 0 heteroatoms.